The zero-order valence-electron chi connectivity index (χ0n) is 14.8. The summed E-state index contributed by atoms with van der Waals surface area (Å²) in [6.45, 7) is 8.08. The van der Waals surface area contributed by atoms with Crippen molar-refractivity contribution in [1.29, 1.82) is 0 Å². The van der Waals surface area contributed by atoms with Crippen LogP contribution in [0.5, 0.6) is 0 Å². The van der Waals surface area contributed by atoms with E-state index < -0.39 is 0 Å². The molecule has 1 fully saturated rings. The monoisotopic (exact) mass is 361 g/mol. The Balaban J connectivity index is 1.55. The van der Waals surface area contributed by atoms with Gasteiger partial charge in [-0.05, 0) is 38.0 Å². The van der Waals surface area contributed by atoms with E-state index in [1.807, 2.05) is 30.9 Å². The second-order valence-electron chi connectivity index (χ2n) is 6.62. The minimum atomic E-state index is 0.155. The van der Waals surface area contributed by atoms with Gasteiger partial charge in [-0.3, -0.25) is 9.69 Å². The fourth-order valence-electron chi connectivity index (χ4n) is 3.24. The van der Waals surface area contributed by atoms with Crippen LogP contribution in [0.3, 0.4) is 0 Å². The molecule has 6 heteroatoms. The van der Waals surface area contributed by atoms with Crippen LogP contribution < -0.4 is 0 Å². The van der Waals surface area contributed by atoms with Crippen LogP contribution in [-0.2, 0) is 17.8 Å². The molecule has 134 valence electrons. The number of hydrogen-bond donors (Lipinski definition) is 0. The molecule has 2 heterocycles. The van der Waals surface area contributed by atoms with Crippen molar-refractivity contribution in [3.8, 4) is 0 Å². The van der Waals surface area contributed by atoms with E-state index >= 15 is 0 Å². The zero-order chi connectivity index (χ0) is 17.8. The number of hydrogen-bond acceptors (Lipinski definition) is 4. The van der Waals surface area contributed by atoms with Crippen molar-refractivity contribution in [2.75, 3.05) is 26.2 Å². The molecule has 1 aromatic heterocycles. The first-order valence-corrected chi connectivity index (χ1v) is 9.07. The summed E-state index contributed by atoms with van der Waals surface area (Å²) in [7, 11) is 0. The van der Waals surface area contributed by atoms with Gasteiger partial charge in [0.2, 0.25) is 5.91 Å². The Kier molecular flexibility index (Phi) is 5.76. The number of benzene rings is 1. The van der Waals surface area contributed by atoms with Crippen molar-refractivity contribution >= 4 is 17.5 Å². The molecule has 0 spiro atoms. The highest BCUT2D eigenvalue weighted by molar-refractivity contribution is 6.30. The van der Waals surface area contributed by atoms with Gasteiger partial charge >= 0.3 is 0 Å². The van der Waals surface area contributed by atoms with Gasteiger partial charge in [0.25, 0.3) is 0 Å². The molecule has 0 aliphatic carbocycles. The van der Waals surface area contributed by atoms with E-state index in [-0.39, 0.29) is 5.91 Å². The maximum Gasteiger partial charge on any atom is 0.227 e. The van der Waals surface area contributed by atoms with E-state index in [0.717, 1.165) is 61.2 Å². The number of aromatic nitrogens is 1. The number of aryl methyl sites for hydroxylation is 2. The molecule has 1 aliphatic heterocycles. The summed E-state index contributed by atoms with van der Waals surface area (Å²) < 4.78 is 5.16. The van der Waals surface area contributed by atoms with E-state index in [4.69, 9.17) is 16.1 Å². The fraction of sp³-hybridized carbons (Fsp3) is 0.474. The third kappa shape index (κ3) is 4.61. The largest absolute Gasteiger partial charge is 0.361 e. The normalized spacial score (nSPS) is 16.0. The van der Waals surface area contributed by atoms with Gasteiger partial charge in [0.05, 0.1) is 12.1 Å². The van der Waals surface area contributed by atoms with Gasteiger partial charge in [-0.15, -0.1) is 0 Å². The summed E-state index contributed by atoms with van der Waals surface area (Å²) in [6.07, 6.45) is 1.36. The minimum Gasteiger partial charge on any atom is -0.361 e. The third-order valence-electron chi connectivity index (χ3n) is 4.77. The molecule has 0 N–H and O–H groups in total. The Bertz CT molecular complexity index is 707. The minimum absolute atomic E-state index is 0.155. The molecule has 2 aromatic rings. The smallest absolute Gasteiger partial charge is 0.227 e. The van der Waals surface area contributed by atoms with Gasteiger partial charge in [-0.1, -0.05) is 28.9 Å². The van der Waals surface area contributed by atoms with Crippen molar-refractivity contribution in [2.45, 2.75) is 33.2 Å². The lowest BCUT2D eigenvalue weighted by molar-refractivity contribution is -0.130. The van der Waals surface area contributed by atoms with Crippen molar-refractivity contribution in [2.24, 2.45) is 0 Å². The summed E-state index contributed by atoms with van der Waals surface area (Å²) >= 11 is 5.95. The summed E-state index contributed by atoms with van der Waals surface area (Å²) in [4.78, 5) is 17.0. The van der Waals surface area contributed by atoms with E-state index in [1.165, 1.54) is 5.56 Å². The lowest BCUT2D eigenvalue weighted by atomic mass is 10.1. The van der Waals surface area contributed by atoms with Crippen molar-refractivity contribution < 1.29 is 9.32 Å². The third-order valence-corrected chi connectivity index (χ3v) is 5.02. The number of nitrogens with zero attached hydrogens (tertiary/aromatic N) is 3. The Morgan fingerprint density at radius 1 is 1.16 bits per heavy atom. The highest BCUT2D eigenvalue weighted by atomic mass is 35.5. The second kappa shape index (κ2) is 8.02. The van der Waals surface area contributed by atoms with E-state index in [1.54, 1.807) is 0 Å². The molecule has 1 aromatic carbocycles. The van der Waals surface area contributed by atoms with Crippen LogP contribution in [0.4, 0.5) is 0 Å². The average molecular weight is 362 g/mol. The average Bonchev–Trinajstić information content (AvgIpc) is 2.79. The van der Waals surface area contributed by atoms with Gasteiger partial charge in [-0.2, -0.15) is 0 Å². The number of halogens is 1. The molecule has 1 saturated heterocycles. The van der Waals surface area contributed by atoms with Crippen LogP contribution in [0.2, 0.25) is 5.02 Å². The van der Waals surface area contributed by atoms with E-state index in [9.17, 15) is 4.79 Å². The zero-order valence-corrected chi connectivity index (χ0v) is 15.6. The van der Waals surface area contributed by atoms with Gasteiger partial charge in [0.15, 0.2) is 0 Å². The summed E-state index contributed by atoms with van der Waals surface area (Å²) in [5.41, 5.74) is 2.98. The predicted octanol–water partition coefficient (Wildman–Crippen LogP) is 3.22. The van der Waals surface area contributed by atoms with E-state index in [0.29, 0.717) is 6.42 Å². The van der Waals surface area contributed by atoms with Crippen molar-refractivity contribution in [3.63, 3.8) is 0 Å². The molecule has 1 amide bonds. The SMILES string of the molecule is Cc1noc(C)c1CC(=O)N1CCCN(Cc2ccc(Cl)cc2)CC1. The topological polar surface area (TPSA) is 49.6 Å². The van der Waals surface area contributed by atoms with Crippen LogP contribution in [0.25, 0.3) is 0 Å². The molecule has 0 unspecified atom stereocenters. The number of rotatable bonds is 4. The Labute approximate surface area is 153 Å². The standard InChI is InChI=1S/C19H24ClN3O2/c1-14-18(15(2)25-21-14)12-19(24)23-9-3-8-22(10-11-23)13-16-4-6-17(20)7-5-16/h4-7H,3,8-13H2,1-2H3. The summed E-state index contributed by atoms with van der Waals surface area (Å²) in [5, 5.41) is 4.69. The molecule has 0 atom stereocenters. The quantitative estimate of drug-likeness (QED) is 0.839. The first-order chi connectivity index (χ1) is 12.0. The molecule has 1 aliphatic rings. The lowest BCUT2D eigenvalue weighted by Gasteiger charge is -2.22. The number of carbonyl (C=O) groups is 1. The van der Waals surface area contributed by atoms with Crippen molar-refractivity contribution in [3.05, 3.63) is 51.9 Å². The van der Waals surface area contributed by atoms with Crippen LogP contribution >= 0.6 is 11.6 Å². The van der Waals surface area contributed by atoms with Crippen LogP contribution in [0.15, 0.2) is 28.8 Å². The van der Waals surface area contributed by atoms with E-state index in [2.05, 4.69) is 22.2 Å². The molecule has 25 heavy (non-hydrogen) atoms. The second-order valence-corrected chi connectivity index (χ2v) is 7.05. The van der Waals surface area contributed by atoms with Gasteiger partial charge in [-0.25, -0.2) is 0 Å². The summed E-state index contributed by atoms with van der Waals surface area (Å²) in [5.74, 6) is 0.896. The Morgan fingerprint density at radius 2 is 1.92 bits per heavy atom. The molecule has 5 nitrogen and oxygen atoms in total. The van der Waals surface area contributed by atoms with Gasteiger partial charge in [0, 0.05) is 43.3 Å². The Morgan fingerprint density at radius 3 is 2.60 bits per heavy atom. The predicted molar refractivity (Wildman–Crippen MR) is 97.6 cm³/mol. The number of amides is 1. The van der Waals surface area contributed by atoms with Gasteiger partial charge < -0.3 is 9.42 Å². The highest BCUT2D eigenvalue weighted by Crippen LogP contribution is 2.16. The van der Waals surface area contributed by atoms with Crippen LogP contribution in [0.1, 0.15) is 29.0 Å². The molecular formula is C19H24ClN3O2. The Hall–Kier alpha value is -1.85. The highest BCUT2D eigenvalue weighted by Gasteiger charge is 2.21. The molecule has 0 radical (unpaired) electrons. The lowest BCUT2D eigenvalue weighted by Crippen LogP contribution is -2.36. The fourth-order valence-corrected chi connectivity index (χ4v) is 3.37. The molecular weight excluding hydrogens is 338 g/mol. The first kappa shape index (κ1) is 18.0. The molecule has 0 saturated carbocycles. The van der Waals surface area contributed by atoms with Crippen LogP contribution in [-0.4, -0.2) is 47.0 Å². The molecule has 3 rings (SSSR count). The number of carbonyl (C=O) groups excluding carboxylic acids is 1. The van der Waals surface area contributed by atoms with Crippen LogP contribution in [0, 0.1) is 13.8 Å². The molecule has 0 bridgehead atoms. The first-order valence-electron chi connectivity index (χ1n) is 8.69. The van der Waals surface area contributed by atoms with Gasteiger partial charge in [0.1, 0.15) is 5.76 Å². The van der Waals surface area contributed by atoms with Crippen molar-refractivity contribution in [1.82, 2.24) is 15.0 Å². The maximum atomic E-state index is 12.6. The summed E-state index contributed by atoms with van der Waals surface area (Å²) in [6, 6.07) is 7.98. The maximum absolute atomic E-state index is 12.6.